The van der Waals surface area contributed by atoms with E-state index in [-0.39, 0.29) is 16.5 Å². The van der Waals surface area contributed by atoms with Gasteiger partial charge in [-0.15, -0.1) is 0 Å². The van der Waals surface area contributed by atoms with E-state index in [1.807, 2.05) is 0 Å². The van der Waals surface area contributed by atoms with Crippen LogP contribution in [0.5, 0.6) is 0 Å². The summed E-state index contributed by atoms with van der Waals surface area (Å²) in [7, 11) is 0. The second-order valence-corrected chi connectivity index (χ2v) is 7.58. The van der Waals surface area contributed by atoms with Gasteiger partial charge in [0.25, 0.3) is 0 Å². The second-order valence-electron chi connectivity index (χ2n) is 7.58. The van der Waals surface area contributed by atoms with Crippen molar-refractivity contribution in [1.82, 2.24) is 0 Å². The Morgan fingerprint density at radius 1 is 1.10 bits per heavy atom. The van der Waals surface area contributed by atoms with Gasteiger partial charge in [-0.1, -0.05) is 32.9 Å². The molecule has 2 unspecified atom stereocenters. The van der Waals surface area contributed by atoms with Crippen molar-refractivity contribution in [3.63, 3.8) is 0 Å². The molecule has 0 heterocycles. The van der Waals surface area contributed by atoms with E-state index in [1.54, 1.807) is 12.1 Å². The summed E-state index contributed by atoms with van der Waals surface area (Å²) >= 11 is 0. The summed E-state index contributed by atoms with van der Waals surface area (Å²) < 4.78 is 28.0. The minimum Gasteiger partial charge on any atom is -0.385 e. The Kier molecular flexibility index (Phi) is 4.44. The highest BCUT2D eigenvalue weighted by Crippen LogP contribution is 2.44. The van der Waals surface area contributed by atoms with Gasteiger partial charge in [-0.05, 0) is 55.9 Å². The molecule has 2 atom stereocenters. The highest BCUT2D eigenvalue weighted by molar-refractivity contribution is 5.30. The Morgan fingerprint density at radius 2 is 1.76 bits per heavy atom. The summed E-state index contributed by atoms with van der Waals surface area (Å²) in [5, 5.41) is 10.9. The van der Waals surface area contributed by atoms with Crippen molar-refractivity contribution in [2.75, 3.05) is 0 Å². The van der Waals surface area contributed by atoms with Gasteiger partial charge in [0.2, 0.25) is 0 Å². The highest BCUT2D eigenvalue weighted by atomic mass is 19.2. The van der Waals surface area contributed by atoms with E-state index in [1.165, 1.54) is 6.92 Å². The van der Waals surface area contributed by atoms with Gasteiger partial charge in [-0.25, -0.2) is 8.78 Å². The van der Waals surface area contributed by atoms with Crippen LogP contribution in [-0.2, 0) is 5.60 Å². The molecule has 0 radical (unpaired) electrons. The number of aliphatic hydroxyl groups is 1. The fourth-order valence-corrected chi connectivity index (χ4v) is 3.46. The predicted octanol–water partition coefficient (Wildman–Crippen LogP) is 5.09. The van der Waals surface area contributed by atoms with Crippen molar-refractivity contribution in [3.8, 4) is 0 Å². The summed E-state index contributed by atoms with van der Waals surface area (Å²) in [4.78, 5) is 0. The zero-order valence-electron chi connectivity index (χ0n) is 13.5. The number of rotatable bonds is 1. The molecule has 0 spiro atoms. The molecule has 0 aliphatic heterocycles. The first-order valence-corrected chi connectivity index (χ1v) is 7.82. The monoisotopic (exact) mass is 296 g/mol. The first kappa shape index (κ1) is 16.4. The number of halogens is 2. The van der Waals surface area contributed by atoms with Crippen molar-refractivity contribution in [1.29, 1.82) is 0 Å². The highest BCUT2D eigenvalue weighted by Gasteiger charge is 2.38. The third-order valence-electron chi connectivity index (χ3n) is 5.05. The molecule has 1 aromatic rings. The van der Waals surface area contributed by atoms with Crippen molar-refractivity contribution < 1.29 is 13.9 Å². The molecule has 1 saturated carbocycles. The molecule has 2 rings (SSSR count). The lowest BCUT2D eigenvalue weighted by Crippen LogP contribution is -2.27. The molecule has 21 heavy (non-hydrogen) atoms. The van der Waals surface area contributed by atoms with E-state index in [2.05, 4.69) is 20.8 Å². The minimum absolute atomic E-state index is 0.125. The van der Waals surface area contributed by atoms with Crippen molar-refractivity contribution in [3.05, 3.63) is 34.9 Å². The maximum Gasteiger partial charge on any atom is 0.165 e. The summed E-state index contributed by atoms with van der Waals surface area (Å²) in [6, 6.07) is 3.10. The van der Waals surface area contributed by atoms with E-state index < -0.39 is 17.2 Å². The Morgan fingerprint density at radius 3 is 2.38 bits per heavy atom. The van der Waals surface area contributed by atoms with Crippen molar-refractivity contribution in [2.24, 2.45) is 11.3 Å². The molecule has 0 saturated heterocycles. The molecule has 0 aromatic heterocycles. The van der Waals surface area contributed by atoms with Gasteiger partial charge in [0.15, 0.2) is 11.6 Å². The van der Waals surface area contributed by atoms with Crippen LogP contribution in [-0.4, -0.2) is 5.11 Å². The normalized spacial score (nSPS) is 27.5. The smallest absolute Gasteiger partial charge is 0.165 e. The van der Waals surface area contributed by atoms with Crippen molar-refractivity contribution in [2.45, 2.75) is 65.4 Å². The number of hydrogen-bond donors (Lipinski definition) is 1. The maximum atomic E-state index is 14.2. The van der Waals surface area contributed by atoms with Crippen LogP contribution in [0.15, 0.2) is 12.1 Å². The van der Waals surface area contributed by atoms with Crippen LogP contribution in [0, 0.1) is 29.9 Å². The lowest BCUT2D eigenvalue weighted by molar-refractivity contribution is 0.0140. The third kappa shape index (κ3) is 3.28. The molecule has 0 bridgehead atoms. The van der Waals surface area contributed by atoms with E-state index in [0.717, 1.165) is 19.3 Å². The molecular weight excluding hydrogens is 270 g/mol. The SMILES string of the molecule is Cc1ccc(C2(O)CCCC(C(C)(C)C)CC2)c(F)c1F. The summed E-state index contributed by atoms with van der Waals surface area (Å²) in [5.41, 5.74) is -0.651. The maximum absolute atomic E-state index is 14.2. The average Bonchev–Trinajstić information content (AvgIpc) is 2.58. The van der Waals surface area contributed by atoms with Crippen LogP contribution in [0.25, 0.3) is 0 Å². The Labute approximate surface area is 126 Å². The standard InChI is InChI=1S/C18H26F2O/c1-12-7-8-14(16(20)15(12)19)18(21)10-5-6-13(9-11-18)17(2,3)4/h7-8,13,21H,5-6,9-11H2,1-4H3. The molecule has 1 aromatic carbocycles. The lowest BCUT2D eigenvalue weighted by atomic mass is 9.76. The molecule has 1 aliphatic rings. The molecule has 1 fully saturated rings. The average molecular weight is 296 g/mol. The second kappa shape index (κ2) is 5.68. The van der Waals surface area contributed by atoms with E-state index in [4.69, 9.17) is 0 Å². The van der Waals surface area contributed by atoms with Crippen LogP contribution in [0.4, 0.5) is 8.78 Å². The van der Waals surface area contributed by atoms with Gasteiger partial charge in [-0.2, -0.15) is 0 Å². The molecular formula is C18H26F2O. The van der Waals surface area contributed by atoms with Crippen molar-refractivity contribution >= 4 is 0 Å². The van der Waals surface area contributed by atoms with E-state index in [9.17, 15) is 13.9 Å². The molecule has 118 valence electrons. The molecule has 3 heteroatoms. The molecule has 1 aliphatic carbocycles. The van der Waals surface area contributed by atoms with Gasteiger partial charge in [0.05, 0.1) is 5.60 Å². The fraction of sp³-hybridized carbons (Fsp3) is 0.667. The summed E-state index contributed by atoms with van der Waals surface area (Å²) in [6.45, 7) is 8.14. The quantitative estimate of drug-likeness (QED) is 0.716. The van der Waals surface area contributed by atoms with E-state index >= 15 is 0 Å². The van der Waals surface area contributed by atoms with Crippen LogP contribution >= 0.6 is 0 Å². The number of aryl methyl sites for hydroxylation is 1. The zero-order valence-corrected chi connectivity index (χ0v) is 13.5. The van der Waals surface area contributed by atoms with Crippen LogP contribution in [0.1, 0.15) is 64.0 Å². The molecule has 0 amide bonds. The molecule has 1 nitrogen and oxygen atoms in total. The summed E-state index contributed by atoms with van der Waals surface area (Å²) in [6.07, 6.45) is 3.71. The Bertz CT molecular complexity index is 519. The number of benzene rings is 1. The Hall–Kier alpha value is -0.960. The van der Waals surface area contributed by atoms with Gasteiger partial charge in [0, 0.05) is 5.56 Å². The lowest BCUT2D eigenvalue weighted by Gasteiger charge is -2.31. The minimum atomic E-state index is -1.24. The van der Waals surface area contributed by atoms with Gasteiger partial charge in [0.1, 0.15) is 0 Å². The van der Waals surface area contributed by atoms with Crippen LogP contribution in [0.2, 0.25) is 0 Å². The number of hydrogen-bond acceptors (Lipinski definition) is 1. The van der Waals surface area contributed by atoms with Crippen LogP contribution in [0.3, 0.4) is 0 Å². The fourth-order valence-electron chi connectivity index (χ4n) is 3.46. The first-order chi connectivity index (χ1) is 9.65. The first-order valence-electron chi connectivity index (χ1n) is 7.82. The van der Waals surface area contributed by atoms with Gasteiger partial charge >= 0.3 is 0 Å². The van der Waals surface area contributed by atoms with Gasteiger partial charge < -0.3 is 5.11 Å². The zero-order chi connectivity index (χ0) is 15.8. The summed E-state index contributed by atoms with van der Waals surface area (Å²) in [5.74, 6) is -1.21. The Balaban J connectivity index is 2.29. The largest absolute Gasteiger partial charge is 0.385 e. The topological polar surface area (TPSA) is 20.2 Å². The third-order valence-corrected chi connectivity index (χ3v) is 5.05. The van der Waals surface area contributed by atoms with Crippen LogP contribution < -0.4 is 0 Å². The van der Waals surface area contributed by atoms with E-state index in [0.29, 0.717) is 18.8 Å². The predicted molar refractivity (Wildman–Crippen MR) is 81.0 cm³/mol. The van der Waals surface area contributed by atoms with Gasteiger partial charge in [-0.3, -0.25) is 0 Å². The molecule has 1 N–H and O–H groups in total.